The average molecular weight is 602 g/mol. The van der Waals surface area contributed by atoms with Crippen LogP contribution in [0.3, 0.4) is 0 Å². The van der Waals surface area contributed by atoms with Crippen LogP contribution in [0.5, 0.6) is 5.75 Å². The van der Waals surface area contributed by atoms with Crippen molar-refractivity contribution in [2.45, 2.75) is 13.5 Å². The van der Waals surface area contributed by atoms with Crippen molar-refractivity contribution in [3.05, 3.63) is 97.7 Å². The van der Waals surface area contributed by atoms with Crippen LogP contribution in [0.2, 0.25) is 5.02 Å². The van der Waals surface area contributed by atoms with Crippen LogP contribution in [-0.4, -0.2) is 29.3 Å². The molecule has 3 aromatic carbocycles. The molecule has 0 saturated carbocycles. The summed E-state index contributed by atoms with van der Waals surface area (Å²) < 4.78 is 6.73. The molecule has 3 aromatic rings. The molecule has 2 N–H and O–H groups in total. The van der Waals surface area contributed by atoms with Crippen LogP contribution < -0.4 is 15.4 Å². The van der Waals surface area contributed by atoms with Crippen LogP contribution in [-0.2, 0) is 16.2 Å². The molecule has 1 aliphatic rings. The Bertz CT molecular complexity index is 1310. The van der Waals surface area contributed by atoms with E-state index in [1.807, 2.05) is 49.4 Å². The molecule has 4 rings (SSSR count). The number of carbonyl (C=O) groups is 3. The number of hydrogen-bond acceptors (Lipinski definition) is 4. The lowest BCUT2D eigenvalue weighted by atomic mass is 10.2. The van der Waals surface area contributed by atoms with Crippen LogP contribution in [0.15, 0.2) is 72.4 Å². The van der Waals surface area contributed by atoms with Crippen molar-refractivity contribution in [3.8, 4) is 5.75 Å². The average Bonchev–Trinajstić information content (AvgIpc) is 3.08. The Hall–Kier alpha value is -3.37. The zero-order chi connectivity index (χ0) is 24.9. The molecule has 1 saturated heterocycles. The van der Waals surface area contributed by atoms with Crippen LogP contribution in [0.25, 0.3) is 6.08 Å². The predicted molar refractivity (Wildman–Crippen MR) is 143 cm³/mol. The Balaban J connectivity index is 1.39. The number of rotatable bonds is 7. The topological polar surface area (TPSA) is 87.7 Å². The fourth-order valence-electron chi connectivity index (χ4n) is 3.33. The number of nitrogens with one attached hydrogen (secondary N) is 2. The van der Waals surface area contributed by atoms with Crippen molar-refractivity contribution in [2.24, 2.45) is 0 Å². The molecule has 0 spiro atoms. The molecular formula is C26H21ClIN3O4. The maximum Gasteiger partial charge on any atom is 0.329 e. The largest absolute Gasteiger partial charge is 0.488 e. The minimum atomic E-state index is -0.641. The molecular weight excluding hydrogens is 581 g/mol. The van der Waals surface area contributed by atoms with Crippen LogP contribution >= 0.6 is 34.2 Å². The van der Waals surface area contributed by atoms with Gasteiger partial charge < -0.3 is 15.4 Å². The zero-order valence-electron chi connectivity index (χ0n) is 18.7. The second kappa shape index (κ2) is 10.9. The number of anilines is 1. The van der Waals surface area contributed by atoms with E-state index in [9.17, 15) is 14.4 Å². The van der Waals surface area contributed by atoms with Crippen molar-refractivity contribution in [3.63, 3.8) is 0 Å². The molecule has 0 unspecified atom stereocenters. The molecule has 0 atom stereocenters. The van der Waals surface area contributed by atoms with Crippen molar-refractivity contribution in [2.75, 3.05) is 11.9 Å². The first-order chi connectivity index (χ1) is 16.8. The van der Waals surface area contributed by atoms with Gasteiger partial charge in [0.15, 0.2) is 0 Å². The van der Waals surface area contributed by atoms with Gasteiger partial charge in [-0.05, 0) is 83.1 Å². The Morgan fingerprint density at radius 1 is 1.09 bits per heavy atom. The highest BCUT2D eigenvalue weighted by atomic mass is 127. The summed E-state index contributed by atoms with van der Waals surface area (Å²) in [5, 5.41) is 5.89. The van der Waals surface area contributed by atoms with Gasteiger partial charge in [0, 0.05) is 10.7 Å². The van der Waals surface area contributed by atoms with Crippen molar-refractivity contribution >= 4 is 63.8 Å². The molecule has 0 aliphatic carbocycles. The van der Waals surface area contributed by atoms with E-state index in [1.165, 1.54) is 0 Å². The van der Waals surface area contributed by atoms with Gasteiger partial charge in [-0.1, -0.05) is 47.5 Å². The third-order valence-corrected chi connectivity index (χ3v) is 6.27. The van der Waals surface area contributed by atoms with Crippen molar-refractivity contribution < 1.29 is 19.1 Å². The van der Waals surface area contributed by atoms with Gasteiger partial charge in [-0.25, -0.2) is 9.69 Å². The smallest absolute Gasteiger partial charge is 0.329 e. The lowest BCUT2D eigenvalue weighted by Gasteiger charge is -2.12. The summed E-state index contributed by atoms with van der Waals surface area (Å²) >= 11 is 8.06. The van der Waals surface area contributed by atoms with E-state index in [2.05, 4.69) is 33.2 Å². The van der Waals surface area contributed by atoms with Gasteiger partial charge in [0.25, 0.3) is 5.91 Å². The fourth-order valence-corrected chi connectivity index (χ4v) is 4.15. The Labute approximate surface area is 221 Å². The molecule has 1 fully saturated rings. The van der Waals surface area contributed by atoms with Gasteiger partial charge in [-0.15, -0.1) is 0 Å². The lowest BCUT2D eigenvalue weighted by Crippen LogP contribution is -2.38. The molecule has 1 heterocycles. The number of ether oxygens (including phenoxy) is 1. The van der Waals surface area contributed by atoms with Gasteiger partial charge in [0.1, 0.15) is 24.6 Å². The summed E-state index contributed by atoms with van der Waals surface area (Å²) in [6.07, 6.45) is 1.57. The number of amides is 4. The van der Waals surface area contributed by atoms with Gasteiger partial charge in [-0.2, -0.15) is 0 Å². The summed E-state index contributed by atoms with van der Waals surface area (Å²) in [5.41, 5.74) is 3.45. The van der Waals surface area contributed by atoms with Gasteiger partial charge in [0.05, 0.1) is 3.57 Å². The Morgan fingerprint density at radius 3 is 2.49 bits per heavy atom. The molecule has 0 radical (unpaired) electrons. The zero-order valence-corrected chi connectivity index (χ0v) is 21.6. The highest BCUT2D eigenvalue weighted by Crippen LogP contribution is 2.25. The van der Waals surface area contributed by atoms with Gasteiger partial charge in [0.2, 0.25) is 5.91 Å². The Morgan fingerprint density at radius 2 is 1.80 bits per heavy atom. The first-order valence-corrected chi connectivity index (χ1v) is 12.1. The van der Waals surface area contributed by atoms with E-state index in [4.69, 9.17) is 16.3 Å². The number of imide groups is 1. The van der Waals surface area contributed by atoms with E-state index in [1.54, 1.807) is 30.3 Å². The maximum absolute atomic E-state index is 12.7. The fraction of sp³-hybridized carbons (Fsp3) is 0.115. The highest BCUT2D eigenvalue weighted by Gasteiger charge is 2.34. The lowest BCUT2D eigenvalue weighted by molar-refractivity contribution is -0.127. The van der Waals surface area contributed by atoms with E-state index < -0.39 is 17.8 Å². The van der Waals surface area contributed by atoms with Crippen LogP contribution in [0, 0.1) is 10.5 Å². The van der Waals surface area contributed by atoms with E-state index in [-0.39, 0.29) is 12.2 Å². The summed E-state index contributed by atoms with van der Waals surface area (Å²) in [4.78, 5) is 38.3. The number of carbonyl (C=O) groups excluding carboxylic acids is 3. The second-order valence-electron chi connectivity index (χ2n) is 7.90. The molecule has 7 nitrogen and oxygen atoms in total. The van der Waals surface area contributed by atoms with Crippen molar-refractivity contribution in [1.82, 2.24) is 10.2 Å². The number of benzene rings is 3. The van der Waals surface area contributed by atoms with E-state index >= 15 is 0 Å². The first kappa shape index (κ1) is 24.7. The van der Waals surface area contributed by atoms with E-state index in [0.29, 0.717) is 28.6 Å². The molecule has 178 valence electrons. The molecule has 9 heteroatoms. The van der Waals surface area contributed by atoms with E-state index in [0.717, 1.165) is 19.6 Å². The number of urea groups is 1. The van der Waals surface area contributed by atoms with Crippen LogP contribution in [0.4, 0.5) is 10.5 Å². The number of halogens is 2. The summed E-state index contributed by atoms with van der Waals surface area (Å²) in [5.74, 6) is -0.332. The molecule has 4 amide bonds. The minimum Gasteiger partial charge on any atom is -0.488 e. The summed E-state index contributed by atoms with van der Waals surface area (Å²) in [7, 11) is 0. The molecule has 0 bridgehead atoms. The normalized spacial score (nSPS) is 14.3. The number of hydrogen-bond donors (Lipinski definition) is 2. The van der Waals surface area contributed by atoms with Gasteiger partial charge in [-0.3, -0.25) is 9.59 Å². The molecule has 0 aromatic heterocycles. The maximum atomic E-state index is 12.7. The third-order valence-electron chi connectivity index (χ3n) is 5.17. The predicted octanol–water partition coefficient (Wildman–Crippen LogP) is 5.36. The SMILES string of the molecule is Cc1ccc(NC(=O)CN2C(=O)N/C(=C/c3ccc(OCc4ccc(Cl)cc4)c(I)c3)C2=O)cc1. The number of aryl methyl sites for hydroxylation is 1. The summed E-state index contributed by atoms with van der Waals surface area (Å²) in [6, 6.07) is 19.4. The Kier molecular flexibility index (Phi) is 7.72. The quantitative estimate of drug-likeness (QED) is 0.217. The summed E-state index contributed by atoms with van der Waals surface area (Å²) in [6.45, 7) is 1.95. The first-order valence-electron chi connectivity index (χ1n) is 10.7. The van der Waals surface area contributed by atoms with Crippen LogP contribution in [0.1, 0.15) is 16.7 Å². The van der Waals surface area contributed by atoms with Crippen molar-refractivity contribution in [1.29, 1.82) is 0 Å². The monoisotopic (exact) mass is 601 g/mol. The minimum absolute atomic E-state index is 0.101. The second-order valence-corrected chi connectivity index (χ2v) is 9.50. The third kappa shape index (κ3) is 6.40. The highest BCUT2D eigenvalue weighted by molar-refractivity contribution is 14.1. The molecule has 35 heavy (non-hydrogen) atoms. The number of nitrogens with zero attached hydrogens (tertiary/aromatic N) is 1. The van der Waals surface area contributed by atoms with Gasteiger partial charge >= 0.3 is 6.03 Å². The molecule has 1 aliphatic heterocycles. The standard InChI is InChI=1S/C26H21ClIN3O4/c1-16-2-9-20(10-3-16)29-24(32)14-31-25(33)22(30-26(31)34)13-18-6-11-23(21(28)12-18)35-15-17-4-7-19(27)8-5-17/h2-13H,14-15H2,1H3,(H,29,32)(H,30,34)/b22-13+.